The highest BCUT2D eigenvalue weighted by molar-refractivity contribution is 7.15. The minimum atomic E-state index is -0.210. The molecule has 2 aromatic heterocycles. The van der Waals surface area contributed by atoms with Crippen molar-refractivity contribution in [2.75, 3.05) is 12.4 Å². The van der Waals surface area contributed by atoms with Crippen LogP contribution in [0.4, 0.5) is 5.13 Å². The Balaban J connectivity index is 1.55. The van der Waals surface area contributed by atoms with Gasteiger partial charge in [0.2, 0.25) is 5.91 Å². The van der Waals surface area contributed by atoms with E-state index in [0.29, 0.717) is 11.0 Å². The van der Waals surface area contributed by atoms with Crippen LogP contribution in [0.5, 0.6) is 5.75 Å². The Kier molecular flexibility index (Phi) is 5.57. The highest BCUT2D eigenvalue weighted by atomic mass is 32.1. The SMILES string of the molecule is COc1ccc(Cc2cnc(NC(=O)Cc3nnn(C(C)C)n3)s2)cc1. The standard InChI is InChI=1S/C17H20N6O2S/c1-11(2)23-21-15(20-22-23)9-16(24)19-17-18-10-14(26-17)8-12-4-6-13(25-3)7-5-12/h4-7,10-11H,8-9H2,1-3H3,(H,18,19,24). The van der Waals surface area contributed by atoms with Crippen LogP contribution in [0.15, 0.2) is 30.5 Å². The van der Waals surface area contributed by atoms with Gasteiger partial charge in [0.15, 0.2) is 11.0 Å². The second-order valence-electron chi connectivity index (χ2n) is 6.00. The van der Waals surface area contributed by atoms with Gasteiger partial charge in [0.1, 0.15) is 5.75 Å². The maximum Gasteiger partial charge on any atom is 0.233 e. The van der Waals surface area contributed by atoms with Gasteiger partial charge in [0.05, 0.1) is 19.6 Å². The van der Waals surface area contributed by atoms with Gasteiger partial charge in [-0.1, -0.05) is 12.1 Å². The highest BCUT2D eigenvalue weighted by Crippen LogP contribution is 2.22. The molecule has 26 heavy (non-hydrogen) atoms. The van der Waals surface area contributed by atoms with Crippen molar-refractivity contribution in [1.29, 1.82) is 0 Å². The first-order valence-electron chi connectivity index (χ1n) is 8.19. The van der Waals surface area contributed by atoms with E-state index in [1.807, 2.05) is 38.1 Å². The van der Waals surface area contributed by atoms with Crippen LogP contribution in [-0.2, 0) is 17.6 Å². The maximum absolute atomic E-state index is 12.1. The van der Waals surface area contributed by atoms with Crippen LogP contribution >= 0.6 is 11.3 Å². The Morgan fingerprint density at radius 1 is 1.31 bits per heavy atom. The fraction of sp³-hybridized carbons (Fsp3) is 0.353. The van der Waals surface area contributed by atoms with E-state index < -0.39 is 0 Å². The molecule has 0 saturated heterocycles. The average Bonchev–Trinajstić information content (AvgIpc) is 3.25. The minimum Gasteiger partial charge on any atom is -0.497 e. The number of carbonyl (C=O) groups is 1. The van der Waals surface area contributed by atoms with E-state index in [-0.39, 0.29) is 18.4 Å². The maximum atomic E-state index is 12.1. The van der Waals surface area contributed by atoms with Crippen LogP contribution in [-0.4, -0.2) is 38.2 Å². The monoisotopic (exact) mass is 372 g/mol. The molecule has 136 valence electrons. The molecule has 1 aromatic carbocycles. The number of ether oxygens (including phenoxy) is 1. The van der Waals surface area contributed by atoms with Crippen LogP contribution in [0.3, 0.4) is 0 Å². The van der Waals surface area contributed by atoms with Gasteiger partial charge in [-0.25, -0.2) is 4.98 Å². The first-order chi connectivity index (χ1) is 12.5. The Hall–Kier alpha value is -2.81. The summed E-state index contributed by atoms with van der Waals surface area (Å²) in [4.78, 5) is 18.9. The molecule has 9 heteroatoms. The molecule has 8 nitrogen and oxygen atoms in total. The summed E-state index contributed by atoms with van der Waals surface area (Å²) in [6.07, 6.45) is 2.60. The van der Waals surface area contributed by atoms with Crippen LogP contribution in [0.1, 0.15) is 36.2 Å². The van der Waals surface area contributed by atoms with Crippen molar-refractivity contribution in [2.24, 2.45) is 0 Å². The summed E-state index contributed by atoms with van der Waals surface area (Å²) in [6, 6.07) is 7.99. The number of amides is 1. The summed E-state index contributed by atoms with van der Waals surface area (Å²) < 4.78 is 5.16. The lowest BCUT2D eigenvalue weighted by atomic mass is 10.1. The smallest absolute Gasteiger partial charge is 0.233 e. The summed E-state index contributed by atoms with van der Waals surface area (Å²) in [6.45, 7) is 3.90. The van der Waals surface area contributed by atoms with Crippen LogP contribution in [0.2, 0.25) is 0 Å². The summed E-state index contributed by atoms with van der Waals surface area (Å²) >= 11 is 1.45. The zero-order valence-corrected chi connectivity index (χ0v) is 15.7. The van der Waals surface area contributed by atoms with E-state index in [1.165, 1.54) is 16.1 Å². The van der Waals surface area contributed by atoms with Gasteiger partial charge < -0.3 is 10.1 Å². The first-order valence-corrected chi connectivity index (χ1v) is 9.01. The predicted molar refractivity (Wildman–Crippen MR) is 98.4 cm³/mol. The van der Waals surface area contributed by atoms with Gasteiger partial charge in [-0.15, -0.1) is 21.5 Å². The molecule has 1 N–H and O–H groups in total. The number of aromatic nitrogens is 5. The lowest BCUT2D eigenvalue weighted by molar-refractivity contribution is -0.115. The van der Waals surface area contributed by atoms with E-state index in [1.54, 1.807) is 13.3 Å². The Morgan fingerprint density at radius 2 is 2.08 bits per heavy atom. The molecule has 0 aliphatic heterocycles. The van der Waals surface area contributed by atoms with Gasteiger partial charge in [0, 0.05) is 17.5 Å². The third-order valence-corrected chi connectivity index (χ3v) is 4.50. The van der Waals surface area contributed by atoms with Gasteiger partial charge in [-0.05, 0) is 36.8 Å². The summed E-state index contributed by atoms with van der Waals surface area (Å²) in [5.41, 5.74) is 1.15. The van der Waals surface area contributed by atoms with Gasteiger partial charge in [0.25, 0.3) is 0 Å². The number of rotatable bonds is 7. The van der Waals surface area contributed by atoms with E-state index in [2.05, 4.69) is 25.7 Å². The number of hydrogen-bond donors (Lipinski definition) is 1. The Morgan fingerprint density at radius 3 is 2.73 bits per heavy atom. The van der Waals surface area contributed by atoms with E-state index in [9.17, 15) is 4.79 Å². The van der Waals surface area contributed by atoms with Crippen molar-refractivity contribution in [2.45, 2.75) is 32.7 Å². The Bertz CT molecular complexity index is 872. The molecular formula is C17H20N6O2S. The van der Waals surface area contributed by atoms with Crippen LogP contribution in [0.25, 0.3) is 0 Å². The van der Waals surface area contributed by atoms with E-state index in [0.717, 1.165) is 22.6 Å². The van der Waals surface area contributed by atoms with E-state index >= 15 is 0 Å². The average molecular weight is 372 g/mol. The number of thiazole rings is 1. The molecule has 0 aliphatic rings. The lowest BCUT2D eigenvalue weighted by Gasteiger charge is -2.01. The zero-order valence-electron chi connectivity index (χ0n) is 14.8. The van der Waals surface area contributed by atoms with Crippen molar-refractivity contribution in [3.63, 3.8) is 0 Å². The van der Waals surface area contributed by atoms with Gasteiger partial charge >= 0.3 is 0 Å². The molecule has 2 heterocycles. The van der Waals surface area contributed by atoms with Crippen molar-refractivity contribution in [1.82, 2.24) is 25.2 Å². The lowest BCUT2D eigenvalue weighted by Crippen LogP contribution is -2.15. The fourth-order valence-corrected chi connectivity index (χ4v) is 3.11. The second-order valence-corrected chi connectivity index (χ2v) is 7.12. The molecule has 0 unspecified atom stereocenters. The van der Waals surface area contributed by atoms with Crippen molar-refractivity contribution in [3.05, 3.63) is 46.7 Å². The first kappa shape index (κ1) is 18.0. The van der Waals surface area contributed by atoms with Crippen LogP contribution in [0, 0.1) is 0 Å². The molecule has 0 radical (unpaired) electrons. The molecule has 0 saturated carbocycles. The molecule has 0 aliphatic carbocycles. The van der Waals surface area contributed by atoms with E-state index in [4.69, 9.17) is 4.74 Å². The number of carbonyl (C=O) groups excluding carboxylic acids is 1. The molecular weight excluding hydrogens is 352 g/mol. The topological polar surface area (TPSA) is 94.8 Å². The van der Waals surface area contributed by atoms with Gasteiger partial charge in [-0.2, -0.15) is 4.80 Å². The molecule has 3 aromatic rings. The summed E-state index contributed by atoms with van der Waals surface area (Å²) in [5.74, 6) is 1.01. The number of nitrogens with one attached hydrogen (secondary N) is 1. The van der Waals surface area contributed by atoms with Crippen molar-refractivity contribution >= 4 is 22.4 Å². The summed E-state index contributed by atoms with van der Waals surface area (Å²) in [7, 11) is 1.64. The molecule has 0 fully saturated rings. The van der Waals surface area contributed by atoms with Crippen molar-refractivity contribution in [3.8, 4) is 5.75 Å². The molecule has 0 atom stereocenters. The quantitative estimate of drug-likeness (QED) is 0.685. The Labute approximate surface area is 155 Å². The molecule has 0 bridgehead atoms. The minimum absolute atomic E-state index is 0.0696. The fourth-order valence-electron chi connectivity index (χ4n) is 2.24. The number of methoxy groups -OCH3 is 1. The molecule has 0 spiro atoms. The number of benzene rings is 1. The molecule has 1 amide bonds. The van der Waals surface area contributed by atoms with Gasteiger partial charge in [-0.3, -0.25) is 4.79 Å². The predicted octanol–water partition coefficient (Wildman–Crippen LogP) is 2.49. The third-order valence-electron chi connectivity index (χ3n) is 3.59. The second kappa shape index (κ2) is 8.05. The van der Waals surface area contributed by atoms with Crippen LogP contribution < -0.4 is 10.1 Å². The van der Waals surface area contributed by atoms with Crippen molar-refractivity contribution < 1.29 is 9.53 Å². The third kappa shape index (κ3) is 4.63. The number of anilines is 1. The largest absolute Gasteiger partial charge is 0.497 e. The normalized spacial score (nSPS) is 10.9. The zero-order chi connectivity index (χ0) is 18.5. The number of hydrogen-bond acceptors (Lipinski definition) is 7. The molecule has 3 rings (SSSR count). The highest BCUT2D eigenvalue weighted by Gasteiger charge is 2.12. The number of nitrogens with zero attached hydrogens (tertiary/aromatic N) is 5. The summed E-state index contributed by atoms with van der Waals surface area (Å²) in [5, 5.41) is 15.3. The number of tetrazole rings is 1.